The van der Waals surface area contributed by atoms with Crippen LogP contribution in [0, 0.1) is 0 Å². The van der Waals surface area contributed by atoms with E-state index in [1.165, 1.54) is 0 Å². The quantitative estimate of drug-likeness (QED) is 0.905. The predicted octanol–water partition coefficient (Wildman–Crippen LogP) is 2.81. The number of aromatic nitrogens is 2. The van der Waals surface area contributed by atoms with Crippen molar-refractivity contribution in [2.75, 3.05) is 5.32 Å². The van der Waals surface area contributed by atoms with Crippen LogP contribution in [0.25, 0.3) is 11.5 Å². The van der Waals surface area contributed by atoms with Gasteiger partial charge in [-0.15, -0.1) is 0 Å². The highest BCUT2D eigenvalue weighted by atomic mass is 16.5. The van der Waals surface area contributed by atoms with Crippen LogP contribution in [0.4, 0.5) is 5.69 Å². The average Bonchev–Trinajstić information content (AvgIpc) is 3.17. The molecule has 0 atom stereocenters. The SMILES string of the molecule is CCC(=O)Nc1cccc(-c2nc(C3(N)CCCC3)no2)c1. The molecule has 116 valence electrons. The van der Waals surface area contributed by atoms with E-state index in [1.54, 1.807) is 0 Å². The first kappa shape index (κ1) is 14.7. The van der Waals surface area contributed by atoms with Gasteiger partial charge in [0.25, 0.3) is 5.89 Å². The van der Waals surface area contributed by atoms with Gasteiger partial charge < -0.3 is 15.6 Å². The Morgan fingerprint density at radius 3 is 2.91 bits per heavy atom. The zero-order chi connectivity index (χ0) is 15.6. The molecule has 1 aromatic heterocycles. The highest BCUT2D eigenvalue weighted by Crippen LogP contribution is 2.35. The Labute approximate surface area is 129 Å². The summed E-state index contributed by atoms with van der Waals surface area (Å²) < 4.78 is 5.36. The second kappa shape index (κ2) is 5.88. The molecule has 0 saturated heterocycles. The molecule has 1 aromatic carbocycles. The van der Waals surface area contributed by atoms with E-state index in [0.29, 0.717) is 23.8 Å². The minimum Gasteiger partial charge on any atom is -0.334 e. The Kier molecular flexibility index (Phi) is 3.94. The molecule has 1 heterocycles. The van der Waals surface area contributed by atoms with Crippen molar-refractivity contribution >= 4 is 11.6 Å². The maximum absolute atomic E-state index is 11.5. The van der Waals surface area contributed by atoms with Crippen LogP contribution in [0.5, 0.6) is 0 Å². The average molecular weight is 300 g/mol. The Morgan fingerprint density at radius 1 is 1.41 bits per heavy atom. The molecule has 1 fully saturated rings. The van der Waals surface area contributed by atoms with E-state index in [9.17, 15) is 4.79 Å². The molecule has 0 radical (unpaired) electrons. The fourth-order valence-electron chi connectivity index (χ4n) is 2.75. The van der Waals surface area contributed by atoms with Gasteiger partial charge in [0, 0.05) is 17.7 Å². The lowest BCUT2D eigenvalue weighted by Crippen LogP contribution is -2.34. The summed E-state index contributed by atoms with van der Waals surface area (Å²) in [5.74, 6) is 0.970. The third kappa shape index (κ3) is 2.87. The van der Waals surface area contributed by atoms with Crippen molar-refractivity contribution in [1.82, 2.24) is 10.1 Å². The van der Waals surface area contributed by atoms with Gasteiger partial charge in [-0.25, -0.2) is 0 Å². The molecule has 0 unspecified atom stereocenters. The summed E-state index contributed by atoms with van der Waals surface area (Å²) in [6.07, 6.45) is 4.40. The predicted molar refractivity (Wildman–Crippen MR) is 83.0 cm³/mol. The third-order valence-electron chi connectivity index (χ3n) is 4.08. The van der Waals surface area contributed by atoms with E-state index in [-0.39, 0.29) is 5.91 Å². The second-order valence-electron chi connectivity index (χ2n) is 5.77. The number of carbonyl (C=O) groups is 1. The summed E-state index contributed by atoms with van der Waals surface area (Å²) in [5, 5.41) is 6.87. The van der Waals surface area contributed by atoms with E-state index in [1.807, 2.05) is 31.2 Å². The summed E-state index contributed by atoms with van der Waals surface area (Å²) in [6.45, 7) is 1.81. The molecule has 1 amide bonds. The van der Waals surface area contributed by atoms with Gasteiger partial charge in [0.15, 0.2) is 5.82 Å². The molecule has 1 aliphatic rings. The summed E-state index contributed by atoms with van der Waals surface area (Å²) in [7, 11) is 0. The van der Waals surface area contributed by atoms with Crippen LogP contribution in [0.1, 0.15) is 44.9 Å². The topological polar surface area (TPSA) is 94.0 Å². The fourth-order valence-corrected chi connectivity index (χ4v) is 2.75. The van der Waals surface area contributed by atoms with Gasteiger partial charge in [-0.3, -0.25) is 4.79 Å². The highest BCUT2D eigenvalue weighted by Gasteiger charge is 2.36. The summed E-state index contributed by atoms with van der Waals surface area (Å²) in [5.41, 5.74) is 7.37. The number of nitrogens with two attached hydrogens (primary N) is 1. The van der Waals surface area contributed by atoms with Gasteiger partial charge in [0.1, 0.15) is 0 Å². The first-order valence-corrected chi connectivity index (χ1v) is 7.64. The lowest BCUT2D eigenvalue weighted by molar-refractivity contribution is -0.115. The number of rotatable bonds is 4. The fraction of sp³-hybridized carbons (Fsp3) is 0.438. The number of carbonyl (C=O) groups excluding carboxylic acids is 1. The summed E-state index contributed by atoms with van der Waals surface area (Å²) >= 11 is 0. The monoisotopic (exact) mass is 300 g/mol. The molecule has 0 aliphatic heterocycles. The molecule has 2 aromatic rings. The van der Waals surface area contributed by atoms with Crippen LogP contribution in [0.2, 0.25) is 0 Å². The van der Waals surface area contributed by atoms with Crippen LogP contribution < -0.4 is 11.1 Å². The molecule has 1 aliphatic carbocycles. The van der Waals surface area contributed by atoms with Gasteiger partial charge in [-0.05, 0) is 31.0 Å². The number of anilines is 1. The van der Waals surface area contributed by atoms with Crippen LogP contribution >= 0.6 is 0 Å². The van der Waals surface area contributed by atoms with E-state index in [0.717, 1.165) is 31.2 Å². The first-order valence-electron chi connectivity index (χ1n) is 7.64. The van der Waals surface area contributed by atoms with Crippen LogP contribution in [0.15, 0.2) is 28.8 Å². The lowest BCUT2D eigenvalue weighted by atomic mass is 9.99. The highest BCUT2D eigenvalue weighted by molar-refractivity contribution is 5.91. The number of benzene rings is 1. The van der Waals surface area contributed by atoms with Crippen LogP contribution in [-0.2, 0) is 10.3 Å². The smallest absolute Gasteiger partial charge is 0.258 e. The minimum absolute atomic E-state index is 0.0322. The summed E-state index contributed by atoms with van der Waals surface area (Å²) in [4.78, 5) is 15.9. The molecule has 0 spiro atoms. The third-order valence-corrected chi connectivity index (χ3v) is 4.08. The number of nitrogens with one attached hydrogen (secondary N) is 1. The zero-order valence-electron chi connectivity index (χ0n) is 12.6. The van der Waals surface area contributed by atoms with Crippen molar-refractivity contribution in [3.8, 4) is 11.5 Å². The van der Waals surface area contributed by atoms with Crippen molar-refractivity contribution in [2.24, 2.45) is 5.73 Å². The van der Waals surface area contributed by atoms with Gasteiger partial charge in [0.05, 0.1) is 5.54 Å². The van der Waals surface area contributed by atoms with Crippen molar-refractivity contribution < 1.29 is 9.32 Å². The summed E-state index contributed by atoms with van der Waals surface area (Å²) in [6, 6.07) is 7.37. The molecule has 3 N–H and O–H groups in total. The van der Waals surface area contributed by atoms with E-state index < -0.39 is 5.54 Å². The molecule has 6 heteroatoms. The van der Waals surface area contributed by atoms with E-state index >= 15 is 0 Å². The number of hydrogen-bond acceptors (Lipinski definition) is 5. The number of hydrogen-bond donors (Lipinski definition) is 2. The second-order valence-corrected chi connectivity index (χ2v) is 5.77. The van der Waals surface area contributed by atoms with Gasteiger partial charge in [-0.1, -0.05) is 31.0 Å². The standard InChI is InChI=1S/C16H20N4O2/c1-2-13(21)18-12-7-5-6-11(10-12)14-19-15(20-22-14)16(17)8-3-4-9-16/h5-7,10H,2-4,8-9,17H2,1H3,(H,18,21). The van der Waals surface area contributed by atoms with Crippen molar-refractivity contribution in [2.45, 2.75) is 44.6 Å². The lowest BCUT2D eigenvalue weighted by Gasteiger charge is -2.17. The van der Waals surface area contributed by atoms with Gasteiger partial charge in [-0.2, -0.15) is 4.98 Å². The maximum atomic E-state index is 11.5. The van der Waals surface area contributed by atoms with Crippen molar-refractivity contribution in [1.29, 1.82) is 0 Å². The van der Waals surface area contributed by atoms with Crippen LogP contribution in [-0.4, -0.2) is 16.0 Å². The molecular weight excluding hydrogens is 280 g/mol. The van der Waals surface area contributed by atoms with Crippen LogP contribution in [0.3, 0.4) is 0 Å². The van der Waals surface area contributed by atoms with Gasteiger partial charge >= 0.3 is 0 Å². The largest absolute Gasteiger partial charge is 0.334 e. The Hall–Kier alpha value is -2.21. The normalized spacial score (nSPS) is 16.6. The van der Waals surface area contributed by atoms with Gasteiger partial charge in [0.2, 0.25) is 5.91 Å². The van der Waals surface area contributed by atoms with Crippen molar-refractivity contribution in [3.05, 3.63) is 30.1 Å². The first-order chi connectivity index (χ1) is 10.6. The molecule has 22 heavy (non-hydrogen) atoms. The Morgan fingerprint density at radius 2 is 2.18 bits per heavy atom. The number of nitrogens with zero attached hydrogens (tertiary/aromatic N) is 2. The van der Waals surface area contributed by atoms with E-state index in [4.69, 9.17) is 10.3 Å². The maximum Gasteiger partial charge on any atom is 0.258 e. The Bertz CT molecular complexity index is 674. The molecule has 0 bridgehead atoms. The minimum atomic E-state index is -0.463. The molecule has 3 rings (SSSR count). The zero-order valence-corrected chi connectivity index (χ0v) is 12.6. The molecule has 6 nitrogen and oxygen atoms in total. The van der Waals surface area contributed by atoms with Crippen molar-refractivity contribution in [3.63, 3.8) is 0 Å². The Balaban J connectivity index is 1.84. The molecule has 1 saturated carbocycles. The molecular formula is C16H20N4O2. The van der Waals surface area contributed by atoms with E-state index in [2.05, 4.69) is 15.5 Å². The number of amides is 1.